The van der Waals surface area contributed by atoms with Crippen LogP contribution in [0.1, 0.15) is 41.0 Å². The molecule has 0 N–H and O–H groups in total. The fourth-order valence-corrected chi connectivity index (χ4v) is 1.54. The Morgan fingerprint density at radius 3 is 2.65 bits per heavy atom. The predicted molar refractivity (Wildman–Crippen MR) is 64.4 cm³/mol. The number of rotatable bonds is 2. The molecule has 1 heterocycles. The van der Waals surface area contributed by atoms with Gasteiger partial charge in [-0.05, 0) is 20.8 Å². The molecular formula is C12H19ClO4. The Hall–Kier alpha value is -0.740. The summed E-state index contributed by atoms with van der Waals surface area (Å²) in [6, 6.07) is 0. The second kappa shape index (κ2) is 4.86. The largest absolute Gasteiger partial charge is 0.469 e. The molecule has 98 valence electrons. The molecule has 0 saturated carbocycles. The first-order valence-electron chi connectivity index (χ1n) is 5.52. The summed E-state index contributed by atoms with van der Waals surface area (Å²) in [5.41, 5.74) is -0.506. The van der Waals surface area contributed by atoms with Crippen LogP contribution in [0.3, 0.4) is 0 Å². The van der Waals surface area contributed by atoms with Crippen molar-refractivity contribution in [2.45, 2.75) is 58.5 Å². The lowest BCUT2D eigenvalue weighted by molar-refractivity contribution is -0.218. The Labute approximate surface area is 107 Å². The van der Waals surface area contributed by atoms with Gasteiger partial charge in [0.25, 0.3) is 0 Å². The average molecular weight is 263 g/mol. The standard InChI is InChI=1S/C12H19ClO4/c1-11(2,3)17-10(14)6-9-8(13)7-15-12(4,5)16-9/h7,9H,6H2,1-5H3. The van der Waals surface area contributed by atoms with Gasteiger partial charge in [-0.1, -0.05) is 11.6 Å². The smallest absolute Gasteiger partial charge is 0.309 e. The van der Waals surface area contributed by atoms with Crippen LogP contribution in [0.15, 0.2) is 11.3 Å². The van der Waals surface area contributed by atoms with E-state index in [4.69, 9.17) is 25.8 Å². The monoisotopic (exact) mass is 262 g/mol. The highest BCUT2D eigenvalue weighted by Gasteiger charge is 2.33. The zero-order valence-electron chi connectivity index (χ0n) is 10.9. The minimum absolute atomic E-state index is 0.0827. The van der Waals surface area contributed by atoms with Crippen LogP contribution in [0.5, 0.6) is 0 Å². The lowest BCUT2D eigenvalue weighted by Crippen LogP contribution is -2.38. The first-order chi connectivity index (χ1) is 7.59. The van der Waals surface area contributed by atoms with Crippen molar-refractivity contribution in [1.82, 2.24) is 0 Å². The molecule has 0 aromatic heterocycles. The molecule has 0 amide bonds. The normalized spacial score (nSPS) is 23.6. The molecular weight excluding hydrogens is 244 g/mol. The lowest BCUT2D eigenvalue weighted by atomic mass is 10.1. The SMILES string of the molecule is CC(C)(C)OC(=O)CC1OC(C)(C)OC=C1Cl. The van der Waals surface area contributed by atoms with Crippen molar-refractivity contribution in [1.29, 1.82) is 0 Å². The zero-order chi connectivity index (χ0) is 13.3. The van der Waals surface area contributed by atoms with E-state index in [1.807, 2.05) is 20.8 Å². The minimum Gasteiger partial charge on any atom is -0.469 e. The van der Waals surface area contributed by atoms with Crippen LogP contribution < -0.4 is 0 Å². The molecule has 0 saturated heterocycles. The van der Waals surface area contributed by atoms with Gasteiger partial charge in [0, 0.05) is 13.8 Å². The van der Waals surface area contributed by atoms with Gasteiger partial charge in [-0.25, -0.2) is 0 Å². The zero-order valence-corrected chi connectivity index (χ0v) is 11.6. The predicted octanol–water partition coefficient (Wildman–Crippen LogP) is 2.95. The van der Waals surface area contributed by atoms with Crippen molar-refractivity contribution in [2.24, 2.45) is 0 Å². The Kier molecular flexibility index (Phi) is 4.10. The molecule has 5 heteroatoms. The fraction of sp³-hybridized carbons (Fsp3) is 0.750. The van der Waals surface area contributed by atoms with Crippen molar-refractivity contribution < 1.29 is 19.0 Å². The van der Waals surface area contributed by atoms with Gasteiger partial charge in [0.05, 0.1) is 11.5 Å². The summed E-state index contributed by atoms with van der Waals surface area (Å²) < 4.78 is 16.0. The van der Waals surface area contributed by atoms with Crippen LogP contribution in [0.2, 0.25) is 0 Å². The van der Waals surface area contributed by atoms with E-state index in [0.717, 1.165) is 0 Å². The van der Waals surface area contributed by atoms with Crippen LogP contribution >= 0.6 is 11.6 Å². The highest BCUT2D eigenvalue weighted by atomic mass is 35.5. The number of carbonyl (C=O) groups excluding carboxylic acids is 1. The van der Waals surface area contributed by atoms with Crippen molar-refractivity contribution >= 4 is 17.6 Å². The van der Waals surface area contributed by atoms with E-state index in [9.17, 15) is 4.79 Å². The molecule has 0 aromatic carbocycles. The Morgan fingerprint density at radius 2 is 2.12 bits per heavy atom. The molecule has 1 rings (SSSR count). The van der Waals surface area contributed by atoms with Crippen molar-refractivity contribution in [3.8, 4) is 0 Å². The minimum atomic E-state index is -0.773. The highest BCUT2D eigenvalue weighted by Crippen LogP contribution is 2.29. The quantitative estimate of drug-likeness (QED) is 0.718. The van der Waals surface area contributed by atoms with Gasteiger partial charge in [0.2, 0.25) is 5.79 Å². The average Bonchev–Trinajstić information content (AvgIpc) is 2.07. The molecule has 0 radical (unpaired) electrons. The summed E-state index contributed by atoms with van der Waals surface area (Å²) >= 11 is 5.93. The van der Waals surface area contributed by atoms with Gasteiger partial charge in [0.15, 0.2) is 0 Å². The maximum Gasteiger partial charge on any atom is 0.309 e. The molecule has 0 fully saturated rings. The van der Waals surface area contributed by atoms with Crippen molar-refractivity contribution in [2.75, 3.05) is 0 Å². The molecule has 0 spiro atoms. The number of carbonyl (C=O) groups is 1. The molecule has 17 heavy (non-hydrogen) atoms. The van der Waals surface area contributed by atoms with Crippen LogP contribution in [0.25, 0.3) is 0 Å². The maximum atomic E-state index is 11.7. The van der Waals surface area contributed by atoms with Crippen molar-refractivity contribution in [3.05, 3.63) is 11.3 Å². The second-order valence-electron chi connectivity index (χ2n) is 5.42. The molecule has 1 atom stereocenters. The molecule has 1 unspecified atom stereocenters. The van der Waals surface area contributed by atoms with Crippen LogP contribution in [-0.2, 0) is 19.0 Å². The number of hydrogen-bond donors (Lipinski definition) is 0. The second-order valence-corrected chi connectivity index (χ2v) is 5.85. The summed E-state index contributed by atoms with van der Waals surface area (Å²) in [5.74, 6) is -1.11. The first-order valence-corrected chi connectivity index (χ1v) is 5.90. The molecule has 1 aliphatic rings. The fourth-order valence-electron chi connectivity index (χ4n) is 1.37. The Morgan fingerprint density at radius 1 is 1.53 bits per heavy atom. The Balaban J connectivity index is 2.59. The van der Waals surface area contributed by atoms with Gasteiger partial charge in [-0.2, -0.15) is 0 Å². The van der Waals surface area contributed by atoms with E-state index in [2.05, 4.69) is 0 Å². The summed E-state index contributed by atoms with van der Waals surface area (Å²) in [4.78, 5) is 11.7. The lowest BCUT2D eigenvalue weighted by Gasteiger charge is -2.34. The van der Waals surface area contributed by atoms with E-state index in [-0.39, 0.29) is 12.4 Å². The molecule has 1 aliphatic heterocycles. The van der Waals surface area contributed by atoms with Crippen molar-refractivity contribution in [3.63, 3.8) is 0 Å². The van der Waals surface area contributed by atoms with E-state index >= 15 is 0 Å². The molecule has 0 aliphatic carbocycles. The summed E-state index contributed by atoms with van der Waals surface area (Å²) in [5, 5.41) is 0.371. The van der Waals surface area contributed by atoms with E-state index in [1.165, 1.54) is 6.26 Å². The van der Waals surface area contributed by atoms with Crippen LogP contribution in [-0.4, -0.2) is 23.5 Å². The number of ether oxygens (including phenoxy) is 3. The summed E-state index contributed by atoms with van der Waals surface area (Å²) in [7, 11) is 0. The third-order valence-corrected chi connectivity index (χ3v) is 2.29. The third kappa shape index (κ3) is 4.96. The van der Waals surface area contributed by atoms with Gasteiger partial charge in [-0.15, -0.1) is 0 Å². The number of halogens is 1. The maximum absolute atomic E-state index is 11.7. The molecule has 0 aromatic rings. The summed E-state index contributed by atoms with van der Waals surface area (Å²) in [6.07, 6.45) is 0.995. The highest BCUT2D eigenvalue weighted by molar-refractivity contribution is 6.30. The van der Waals surface area contributed by atoms with E-state index < -0.39 is 17.5 Å². The third-order valence-electron chi connectivity index (χ3n) is 1.96. The summed E-state index contributed by atoms with van der Waals surface area (Å²) in [6.45, 7) is 8.97. The van der Waals surface area contributed by atoms with E-state index in [1.54, 1.807) is 13.8 Å². The van der Waals surface area contributed by atoms with Crippen LogP contribution in [0.4, 0.5) is 0 Å². The number of hydrogen-bond acceptors (Lipinski definition) is 4. The van der Waals surface area contributed by atoms with Gasteiger partial charge in [0.1, 0.15) is 18.0 Å². The van der Waals surface area contributed by atoms with Gasteiger partial charge >= 0.3 is 5.97 Å². The van der Waals surface area contributed by atoms with Gasteiger partial charge in [-0.3, -0.25) is 4.79 Å². The molecule has 0 bridgehead atoms. The topological polar surface area (TPSA) is 44.8 Å². The van der Waals surface area contributed by atoms with Crippen LogP contribution in [0, 0.1) is 0 Å². The van der Waals surface area contributed by atoms with E-state index in [0.29, 0.717) is 5.03 Å². The first kappa shape index (κ1) is 14.3. The number of esters is 1. The Bertz CT molecular complexity index is 328. The molecule has 4 nitrogen and oxygen atoms in total. The van der Waals surface area contributed by atoms with Gasteiger partial charge < -0.3 is 14.2 Å².